The van der Waals surface area contributed by atoms with E-state index in [1.165, 1.54) is 0 Å². The minimum atomic E-state index is -0.482. The Hall–Kier alpha value is -3.91. The summed E-state index contributed by atoms with van der Waals surface area (Å²) >= 11 is 1.54. The first-order valence-corrected chi connectivity index (χ1v) is 11.9. The van der Waals surface area contributed by atoms with Crippen molar-refractivity contribution >= 4 is 28.6 Å². The van der Waals surface area contributed by atoms with Crippen LogP contribution in [0.4, 0.5) is 10.5 Å². The zero-order chi connectivity index (χ0) is 23.7. The van der Waals surface area contributed by atoms with E-state index >= 15 is 0 Å². The highest BCUT2D eigenvalue weighted by molar-refractivity contribution is 7.13. The van der Waals surface area contributed by atoms with Crippen molar-refractivity contribution in [3.05, 3.63) is 88.8 Å². The van der Waals surface area contributed by atoms with Crippen molar-refractivity contribution in [2.24, 2.45) is 0 Å². The lowest BCUT2D eigenvalue weighted by molar-refractivity contribution is 0.244. The maximum absolute atomic E-state index is 13.4. The van der Waals surface area contributed by atoms with Gasteiger partial charge in [-0.15, -0.1) is 11.3 Å². The number of hydrogen-bond donors (Lipinski definition) is 1. The molecular weight excluding hydrogens is 448 g/mol. The number of carbonyl (C=O) groups excluding carboxylic acids is 1. The van der Waals surface area contributed by atoms with E-state index < -0.39 is 6.04 Å². The quantitative estimate of drug-likeness (QED) is 0.368. The van der Waals surface area contributed by atoms with Crippen LogP contribution in [-0.2, 0) is 6.42 Å². The number of hydrogen-bond acceptors (Lipinski definition) is 6. The first kappa shape index (κ1) is 21.9. The maximum atomic E-state index is 13.4. The van der Waals surface area contributed by atoms with Gasteiger partial charge in [0, 0.05) is 5.70 Å². The van der Waals surface area contributed by atoms with Gasteiger partial charge in [0.05, 0.1) is 29.3 Å². The van der Waals surface area contributed by atoms with E-state index in [4.69, 9.17) is 14.2 Å². The Kier molecular flexibility index (Phi) is 5.90. The van der Waals surface area contributed by atoms with Gasteiger partial charge in [0.1, 0.15) is 5.75 Å². The van der Waals surface area contributed by atoms with Crippen LogP contribution < -0.4 is 15.0 Å². The molecule has 0 radical (unpaired) electrons. The number of thiophene rings is 1. The molecule has 1 atom stereocenters. The summed E-state index contributed by atoms with van der Waals surface area (Å²) in [5.74, 6) is 1.59. The van der Waals surface area contributed by atoms with Gasteiger partial charge in [0.25, 0.3) is 5.89 Å². The van der Waals surface area contributed by atoms with Crippen LogP contribution in [0.15, 0.2) is 76.3 Å². The van der Waals surface area contributed by atoms with Crippen LogP contribution in [0.1, 0.15) is 36.9 Å². The Morgan fingerprint density at radius 2 is 2.00 bits per heavy atom. The van der Waals surface area contributed by atoms with Crippen LogP contribution >= 0.6 is 11.3 Å². The van der Waals surface area contributed by atoms with E-state index in [0.717, 1.165) is 39.4 Å². The van der Waals surface area contributed by atoms with E-state index in [9.17, 15) is 4.79 Å². The molecule has 3 heterocycles. The fraction of sp³-hybridized carbons (Fsp3) is 0.192. The van der Waals surface area contributed by atoms with Crippen molar-refractivity contribution in [3.8, 4) is 16.5 Å². The second-order valence-corrected chi connectivity index (χ2v) is 8.87. The number of allylic oxidation sites excluding steroid dienone is 1. The van der Waals surface area contributed by atoms with Gasteiger partial charge in [0.2, 0.25) is 5.82 Å². The molecule has 7 nitrogen and oxygen atoms in total. The third-order valence-corrected chi connectivity index (χ3v) is 6.75. The number of urea groups is 1. The third kappa shape index (κ3) is 3.97. The predicted octanol–water partition coefficient (Wildman–Crippen LogP) is 6.07. The average molecular weight is 473 g/mol. The molecule has 34 heavy (non-hydrogen) atoms. The van der Waals surface area contributed by atoms with E-state index in [2.05, 4.69) is 23.5 Å². The highest BCUT2D eigenvalue weighted by Crippen LogP contribution is 2.40. The number of methoxy groups -OCH3 is 1. The topological polar surface area (TPSA) is 80.5 Å². The van der Waals surface area contributed by atoms with Crippen LogP contribution in [-0.4, -0.2) is 23.3 Å². The van der Waals surface area contributed by atoms with Crippen molar-refractivity contribution in [2.75, 3.05) is 12.0 Å². The van der Waals surface area contributed by atoms with Gasteiger partial charge in [-0.1, -0.05) is 42.4 Å². The van der Waals surface area contributed by atoms with E-state index in [1.54, 1.807) is 23.3 Å². The molecule has 0 aliphatic carbocycles. The van der Waals surface area contributed by atoms with Gasteiger partial charge >= 0.3 is 6.03 Å². The monoisotopic (exact) mass is 472 g/mol. The van der Waals surface area contributed by atoms with Crippen LogP contribution in [0.3, 0.4) is 0 Å². The number of nitrogens with zero attached hydrogens (tertiary/aromatic N) is 3. The fourth-order valence-electron chi connectivity index (χ4n) is 4.16. The van der Waals surface area contributed by atoms with Gasteiger partial charge in [-0.25, -0.2) is 4.79 Å². The molecule has 2 amide bonds. The first-order chi connectivity index (χ1) is 16.6. The summed E-state index contributed by atoms with van der Waals surface area (Å²) in [5, 5.41) is 9.32. The zero-order valence-corrected chi connectivity index (χ0v) is 19.9. The highest BCUT2D eigenvalue weighted by Gasteiger charge is 2.36. The second-order valence-electron chi connectivity index (χ2n) is 7.92. The molecule has 0 bridgehead atoms. The maximum Gasteiger partial charge on any atom is 0.326 e. The molecule has 1 aliphatic rings. The smallest absolute Gasteiger partial charge is 0.326 e. The molecule has 1 unspecified atom stereocenters. The zero-order valence-electron chi connectivity index (χ0n) is 19.1. The number of anilines is 1. The molecule has 2 aromatic heterocycles. The number of aromatic nitrogens is 2. The molecule has 172 valence electrons. The summed E-state index contributed by atoms with van der Waals surface area (Å²) in [6.45, 7) is 4.00. The standard InChI is InChI=1S/C26H24N4O3S/c1-4-17-8-5-10-19(14-17)30-16(2)22(25-28-24(29-33-25)21-12-7-13-34-21)23(27-26(30)31)18-9-6-11-20(15-18)32-3/h5-15,23H,4H2,1-3H3,(H,27,31). The Labute approximate surface area is 201 Å². The second kappa shape index (κ2) is 9.15. The minimum Gasteiger partial charge on any atom is -0.497 e. The molecule has 5 rings (SSSR count). The van der Waals surface area contributed by atoms with E-state index in [1.807, 2.05) is 66.9 Å². The van der Waals surface area contributed by atoms with Gasteiger partial charge in [0.15, 0.2) is 0 Å². The van der Waals surface area contributed by atoms with Gasteiger partial charge in [-0.2, -0.15) is 4.98 Å². The van der Waals surface area contributed by atoms with Crippen LogP contribution in [0.2, 0.25) is 0 Å². The molecule has 0 saturated carbocycles. The van der Waals surface area contributed by atoms with Gasteiger partial charge in [-0.3, -0.25) is 4.90 Å². The van der Waals surface area contributed by atoms with Gasteiger partial charge in [-0.05, 0) is 60.2 Å². The lowest BCUT2D eigenvalue weighted by atomic mass is 9.94. The van der Waals surface area contributed by atoms with Crippen molar-refractivity contribution in [3.63, 3.8) is 0 Å². The Bertz CT molecular complexity index is 1360. The Balaban J connectivity index is 1.67. The SMILES string of the molecule is CCc1cccc(N2C(=O)NC(c3cccc(OC)c3)C(c3nc(-c4cccs4)no3)=C2C)c1. The largest absolute Gasteiger partial charge is 0.497 e. The van der Waals surface area contributed by atoms with Crippen LogP contribution in [0, 0.1) is 0 Å². The van der Waals surface area contributed by atoms with Crippen molar-refractivity contribution in [2.45, 2.75) is 26.3 Å². The molecule has 8 heteroatoms. The average Bonchev–Trinajstić information content (AvgIpc) is 3.56. The lowest BCUT2D eigenvalue weighted by Gasteiger charge is -2.35. The van der Waals surface area contributed by atoms with Crippen molar-refractivity contribution in [1.82, 2.24) is 15.5 Å². The molecule has 0 spiro atoms. The number of carbonyl (C=O) groups is 1. The number of aryl methyl sites for hydroxylation is 1. The summed E-state index contributed by atoms with van der Waals surface area (Å²) in [4.78, 5) is 20.7. The van der Waals surface area contributed by atoms with Crippen molar-refractivity contribution < 1.29 is 14.1 Å². The summed E-state index contributed by atoms with van der Waals surface area (Å²) < 4.78 is 11.2. The number of rotatable bonds is 6. The molecule has 1 aliphatic heterocycles. The molecule has 0 saturated heterocycles. The lowest BCUT2D eigenvalue weighted by Crippen LogP contribution is -2.46. The Morgan fingerprint density at radius 1 is 1.15 bits per heavy atom. The summed E-state index contributed by atoms with van der Waals surface area (Å²) in [6, 6.07) is 18.8. The normalized spacial score (nSPS) is 16.0. The summed E-state index contributed by atoms with van der Waals surface area (Å²) in [7, 11) is 1.62. The van der Waals surface area contributed by atoms with Crippen LogP contribution in [0.5, 0.6) is 5.75 Å². The van der Waals surface area contributed by atoms with E-state index in [-0.39, 0.29) is 6.03 Å². The molecule has 0 fully saturated rings. The molecule has 4 aromatic rings. The Morgan fingerprint density at radius 3 is 2.76 bits per heavy atom. The third-order valence-electron chi connectivity index (χ3n) is 5.89. The van der Waals surface area contributed by atoms with Gasteiger partial charge < -0.3 is 14.6 Å². The molecule has 1 N–H and O–H groups in total. The summed E-state index contributed by atoms with van der Waals surface area (Å²) in [6.07, 6.45) is 0.874. The highest BCUT2D eigenvalue weighted by atomic mass is 32.1. The number of nitrogens with one attached hydrogen (secondary N) is 1. The number of ether oxygens (including phenoxy) is 1. The van der Waals surface area contributed by atoms with Crippen LogP contribution in [0.25, 0.3) is 16.3 Å². The number of benzene rings is 2. The van der Waals surface area contributed by atoms with Crippen molar-refractivity contribution in [1.29, 1.82) is 0 Å². The molecular formula is C26H24N4O3S. The summed E-state index contributed by atoms with van der Waals surface area (Å²) in [5.41, 5.74) is 4.26. The fourth-order valence-corrected chi connectivity index (χ4v) is 4.81. The number of amides is 2. The minimum absolute atomic E-state index is 0.222. The van der Waals surface area contributed by atoms with E-state index in [0.29, 0.717) is 17.5 Å². The first-order valence-electron chi connectivity index (χ1n) is 11.0. The predicted molar refractivity (Wildman–Crippen MR) is 133 cm³/mol. The molecule has 2 aromatic carbocycles.